The molecule has 1 saturated heterocycles. The maximum Gasteiger partial charge on any atom is 0.475 e. The summed E-state index contributed by atoms with van der Waals surface area (Å²) >= 11 is 0. The van der Waals surface area contributed by atoms with Gasteiger partial charge in [0, 0.05) is 5.94 Å². The van der Waals surface area contributed by atoms with E-state index in [1.54, 1.807) is 0 Å². The molecule has 138 valence electrons. The van der Waals surface area contributed by atoms with Gasteiger partial charge in [0.1, 0.15) is 0 Å². The summed E-state index contributed by atoms with van der Waals surface area (Å²) in [7, 11) is -0.249. The molecule has 0 spiro atoms. The molecule has 5 atom stereocenters. The van der Waals surface area contributed by atoms with Crippen molar-refractivity contribution in [3.8, 4) is 0 Å². The molecule has 1 aromatic carbocycles. The minimum Gasteiger partial charge on any atom is -0.404 e. The highest BCUT2D eigenvalue weighted by molar-refractivity contribution is 6.47. The van der Waals surface area contributed by atoms with E-state index in [4.69, 9.17) is 15.0 Å². The second kappa shape index (κ2) is 6.56. The van der Waals surface area contributed by atoms with Crippen molar-refractivity contribution >= 4 is 19.5 Å². The molecular formula is C20H31BClNO2. The lowest BCUT2D eigenvalue weighted by Gasteiger charge is -2.64. The molecule has 4 fully saturated rings. The number of rotatable bonds is 4. The topological polar surface area (TPSA) is 44.5 Å². The van der Waals surface area contributed by atoms with Crippen LogP contribution in [0, 0.1) is 24.2 Å². The predicted octanol–water partition coefficient (Wildman–Crippen LogP) is 3.94. The van der Waals surface area contributed by atoms with Crippen molar-refractivity contribution in [1.29, 1.82) is 0 Å². The average molecular weight is 364 g/mol. The number of halogens is 1. The van der Waals surface area contributed by atoms with Crippen molar-refractivity contribution in [2.24, 2.45) is 23.0 Å². The summed E-state index contributed by atoms with van der Waals surface area (Å²) < 4.78 is 12.7. The van der Waals surface area contributed by atoms with Crippen molar-refractivity contribution in [2.45, 2.75) is 71.0 Å². The summed E-state index contributed by atoms with van der Waals surface area (Å²) in [5, 5.41) is 0. The maximum absolute atomic E-state index is 6.46. The highest BCUT2D eigenvalue weighted by atomic mass is 35.5. The summed E-state index contributed by atoms with van der Waals surface area (Å²) in [5.41, 5.74) is 9.31. The summed E-state index contributed by atoms with van der Waals surface area (Å²) in [6.45, 7) is 9.15. The van der Waals surface area contributed by atoms with Gasteiger partial charge in [0.15, 0.2) is 0 Å². The Labute approximate surface area is 158 Å². The van der Waals surface area contributed by atoms with Gasteiger partial charge in [0.2, 0.25) is 0 Å². The van der Waals surface area contributed by atoms with Gasteiger partial charge in [-0.1, -0.05) is 43.7 Å². The van der Waals surface area contributed by atoms with Gasteiger partial charge < -0.3 is 15.0 Å². The lowest BCUT2D eigenvalue weighted by Crippen LogP contribution is -2.65. The third kappa shape index (κ3) is 3.05. The van der Waals surface area contributed by atoms with Crippen LogP contribution in [-0.2, 0) is 15.7 Å². The van der Waals surface area contributed by atoms with Gasteiger partial charge in [0.25, 0.3) is 0 Å². The van der Waals surface area contributed by atoms with Gasteiger partial charge in [-0.3, -0.25) is 0 Å². The molecule has 0 aromatic heterocycles. The number of nitrogens with two attached hydrogens (primary N) is 1. The van der Waals surface area contributed by atoms with Gasteiger partial charge in [-0.05, 0) is 62.3 Å². The third-order valence-electron chi connectivity index (χ3n) is 7.21. The fraction of sp³-hybridized carbons (Fsp3) is 0.700. The first-order chi connectivity index (χ1) is 11.3. The summed E-state index contributed by atoms with van der Waals surface area (Å²) in [6.07, 6.45) is 4.51. The van der Waals surface area contributed by atoms with Crippen molar-refractivity contribution in [3.05, 3.63) is 35.4 Å². The van der Waals surface area contributed by atoms with Crippen LogP contribution in [0.1, 0.15) is 51.2 Å². The van der Waals surface area contributed by atoms with Crippen molar-refractivity contribution in [2.75, 3.05) is 0 Å². The highest BCUT2D eigenvalue weighted by Crippen LogP contribution is 2.65. The molecule has 0 amide bonds. The Morgan fingerprint density at radius 1 is 1.20 bits per heavy atom. The van der Waals surface area contributed by atoms with Crippen molar-refractivity contribution in [3.63, 3.8) is 0 Å². The zero-order valence-corrected chi connectivity index (χ0v) is 16.6. The van der Waals surface area contributed by atoms with E-state index in [-0.39, 0.29) is 37.2 Å². The van der Waals surface area contributed by atoms with Crippen LogP contribution >= 0.6 is 12.4 Å². The molecule has 1 aromatic rings. The van der Waals surface area contributed by atoms with E-state index < -0.39 is 0 Å². The maximum atomic E-state index is 6.46. The Hall–Kier alpha value is -0.545. The Bertz CT molecular complexity index is 623. The van der Waals surface area contributed by atoms with E-state index in [2.05, 4.69) is 52.0 Å². The molecule has 0 unspecified atom stereocenters. The van der Waals surface area contributed by atoms with Crippen LogP contribution in [0.5, 0.6) is 0 Å². The highest BCUT2D eigenvalue weighted by Gasteiger charge is 2.68. The van der Waals surface area contributed by atoms with Gasteiger partial charge in [-0.15, -0.1) is 12.4 Å². The standard InChI is InChI=1S/C20H30BNO2.ClH/c1-13-5-7-14(8-6-13)9-10-18(22)21-23-17-12-15-11-16(19(15,2)3)20(17,4)24-21;/h5-8,15-18H,9-12,22H2,1-4H3;1H/t15-,16-,17+,18-,20-;/m0./s1. The summed E-state index contributed by atoms with van der Waals surface area (Å²) in [5.74, 6) is 1.32. The second-order valence-corrected chi connectivity index (χ2v) is 9.03. The van der Waals surface area contributed by atoms with E-state index in [1.165, 1.54) is 17.5 Å². The first kappa shape index (κ1) is 19.2. The second-order valence-electron chi connectivity index (χ2n) is 9.03. The summed E-state index contributed by atoms with van der Waals surface area (Å²) in [4.78, 5) is 0. The molecule has 5 rings (SSSR count). The summed E-state index contributed by atoms with van der Waals surface area (Å²) in [6, 6.07) is 8.70. The Morgan fingerprint density at radius 3 is 2.52 bits per heavy atom. The zero-order chi connectivity index (χ0) is 17.1. The van der Waals surface area contributed by atoms with Crippen LogP contribution < -0.4 is 5.73 Å². The first-order valence-electron chi connectivity index (χ1n) is 9.45. The zero-order valence-electron chi connectivity index (χ0n) is 15.8. The number of benzene rings is 1. The van der Waals surface area contributed by atoms with E-state index in [0.29, 0.717) is 11.3 Å². The van der Waals surface area contributed by atoms with Crippen LogP contribution in [0.3, 0.4) is 0 Å². The lowest BCUT2D eigenvalue weighted by molar-refractivity contribution is -0.199. The minimum atomic E-state index is -0.249. The van der Waals surface area contributed by atoms with Crippen LogP contribution in [0.2, 0.25) is 0 Å². The van der Waals surface area contributed by atoms with Gasteiger partial charge in [0.05, 0.1) is 11.7 Å². The monoisotopic (exact) mass is 363 g/mol. The quantitative estimate of drug-likeness (QED) is 0.824. The number of hydrogen-bond acceptors (Lipinski definition) is 3. The van der Waals surface area contributed by atoms with Crippen molar-refractivity contribution < 1.29 is 9.31 Å². The largest absolute Gasteiger partial charge is 0.475 e. The number of hydrogen-bond donors (Lipinski definition) is 1. The Balaban J connectivity index is 0.00000182. The molecule has 5 heteroatoms. The molecule has 3 nitrogen and oxygen atoms in total. The molecule has 2 N–H and O–H groups in total. The molecule has 25 heavy (non-hydrogen) atoms. The first-order valence-corrected chi connectivity index (χ1v) is 9.45. The SMILES string of the molecule is Cc1ccc(CC[C@H](N)B2O[C@@H]3C[C@@H]4C[C@@H](C4(C)C)[C@]3(C)O2)cc1.Cl. The minimum absolute atomic E-state index is 0. The van der Waals surface area contributed by atoms with Crippen LogP contribution in [0.25, 0.3) is 0 Å². The Morgan fingerprint density at radius 2 is 1.88 bits per heavy atom. The molecule has 3 aliphatic carbocycles. The van der Waals surface area contributed by atoms with E-state index in [0.717, 1.165) is 25.2 Å². The Kier molecular flexibility index (Phi) is 5.05. The van der Waals surface area contributed by atoms with Crippen LogP contribution in [-0.4, -0.2) is 24.8 Å². The van der Waals surface area contributed by atoms with Crippen molar-refractivity contribution in [1.82, 2.24) is 0 Å². The van der Waals surface area contributed by atoms with Gasteiger partial charge in [-0.2, -0.15) is 0 Å². The normalized spacial score (nSPS) is 36.2. The van der Waals surface area contributed by atoms with E-state index in [1.807, 2.05) is 0 Å². The van der Waals surface area contributed by atoms with Gasteiger partial charge in [-0.25, -0.2) is 0 Å². The van der Waals surface area contributed by atoms with Gasteiger partial charge >= 0.3 is 7.12 Å². The predicted molar refractivity (Wildman–Crippen MR) is 105 cm³/mol. The fourth-order valence-electron chi connectivity index (χ4n) is 5.31. The van der Waals surface area contributed by atoms with E-state index in [9.17, 15) is 0 Å². The molecule has 2 bridgehead atoms. The fourth-order valence-corrected chi connectivity index (χ4v) is 5.31. The van der Waals surface area contributed by atoms with Crippen LogP contribution in [0.15, 0.2) is 24.3 Å². The molecule has 1 aliphatic heterocycles. The average Bonchev–Trinajstić information content (AvgIpc) is 2.91. The molecule has 4 aliphatic rings. The smallest absolute Gasteiger partial charge is 0.404 e. The molecule has 3 saturated carbocycles. The molecule has 1 heterocycles. The van der Waals surface area contributed by atoms with Crippen LogP contribution in [0.4, 0.5) is 0 Å². The lowest BCUT2D eigenvalue weighted by atomic mass is 9.43. The van der Waals surface area contributed by atoms with E-state index >= 15 is 0 Å². The number of aryl methyl sites for hydroxylation is 2. The third-order valence-corrected chi connectivity index (χ3v) is 7.21. The molecular weight excluding hydrogens is 332 g/mol. The molecule has 0 radical (unpaired) electrons.